The SMILES string of the molecule is Cl.NCCNC(=O)Cc1ccc(S(=O)(=O)C(F)F)cc1. The second-order valence-corrected chi connectivity index (χ2v) is 5.68. The minimum atomic E-state index is -4.59. The molecule has 0 aromatic heterocycles. The number of nitrogens with one attached hydrogen (secondary N) is 1. The van der Waals surface area contributed by atoms with Crippen LogP contribution in [-0.2, 0) is 21.1 Å². The molecule has 0 bridgehead atoms. The summed E-state index contributed by atoms with van der Waals surface area (Å²) >= 11 is 0. The van der Waals surface area contributed by atoms with Gasteiger partial charge in [-0.2, -0.15) is 8.78 Å². The molecule has 0 aliphatic carbocycles. The van der Waals surface area contributed by atoms with Gasteiger partial charge in [0.2, 0.25) is 15.7 Å². The Balaban J connectivity index is 0.00000361. The van der Waals surface area contributed by atoms with Gasteiger partial charge in [-0.1, -0.05) is 12.1 Å². The molecule has 0 heterocycles. The topological polar surface area (TPSA) is 89.3 Å². The Bertz CT molecular complexity index is 535. The smallest absolute Gasteiger partial charge is 0.341 e. The number of halogens is 3. The van der Waals surface area contributed by atoms with Gasteiger partial charge in [0, 0.05) is 13.1 Å². The first kappa shape index (κ1) is 18.8. The summed E-state index contributed by atoms with van der Waals surface area (Å²) in [6.07, 6.45) is 0.0367. The van der Waals surface area contributed by atoms with E-state index in [-0.39, 0.29) is 24.7 Å². The van der Waals surface area contributed by atoms with E-state index in [0.29, 0.717) is 18.7 Å². The van der Waals surface area contributed by atoms with Crippen molar-refractivity contribution < 1.29 is 22.0 Å². The van der Waals surface area contributed by atoms with E-state index < -0.39 is 20.5 Å². The summed E-state index contributed by atoms with van der Waals surface area (Å²) in [5.41, 5.74) is 5.74. The molecule has 1 rings (SSSR count). The maximum absolute atomic E-state index is 12.3. The Labute approximate surface area is 121 Å². The first-order valence-corrected chi connectivity index (χ1v) is 7.00. The van der Waals surface area contributed by atoms with Crippen molar-refractivity contribution in [3.8, 4) is 0 Å². The normalized spacial score (nSPS) is 11.0. The number of alkyl halides is 2. The van der Waals surface area contributed by atoms with Crippen LogP contribution in [0.1, 0.15) is 5.56 Å². The lowest BCUT2D eigenvalue weighted by Gasteiger charge is -2.06. The van der Waals surface area contributed by atoms with Crippen LogP contribution in [0.3, 0.4) is 0 Å². The van der Waals surface area contributed by atoms with Crippen molar-refractivity contribution in [1.82, 2.24) is 5.32 Å². The fraction of sp³-hybridized carbons (Fsp3) is 0.364. The average Bonchev–Trinajstić information content (AvgIpc) is 2.36. The number of carbonyl (C=O) groups is 1. The largest absolute Gasteiger partial charge is 0.355 e. The molecule has 0 unspecified atom stereocenters. The van der Waals surface area contributed by atoms with E-state index >= 15 is 0 Å². The number of benzene rings is 1. The Morgan fingerprint density at radius 2 is 1.80 bits per heavy atom. The Kier molecular flexibility index (Phi) is 7.62. The van der Waals surface area contributed by atoms with E-state index in [1.54, 1.807) is 0 Å². The Hall–Kier alpha value is -1.25. The van der Waals surface area contributed by atoms with Crippen molar-refractivity contribution in [2.24, 2.45) is 5.73 Å². The highest BCUT2D eigenvalue weighted by atomic mass is 35.5. The third-order valence-electron chi connectivity index (χ3n) is 2.32. The zero-order valence-corrected chi connectivity index (χ0v) is 12.0. The minimum Gasteiger partial charge on any atom is -0.355 e. The van der Waals surface area contributed by atoms with Crippen LogP contribution in [0.2, 0.25) is 0 Å². The van der Waals surface area contributed by atoms with Crippen molar-refractivity contribution in [3.63, 3.8) is 0 Å². The van der Waals surface area contributed by atoms with Crippen molar-refractivity contribution in [1.29, 1.82) is 0 Å². The maximum Gasteiger partial charge on any atom is 0.341 e. The third kappa shape index (κ3) is 5.03. The van der Waals surface area contributed by atoms with Gasteiger partial charge in [-0.05, 0) is 17.7 Å². The second kappa shape index (κ2) is 8.13. The van der Waals surface area contributed by atoms with Crippen molar-refractivity contribution in [2.75, 3.05) is 13.1 Å². The molecule has 20 heavy (non-hydrogen) atoms. The molecular formula is C11H15ClF2N2O3S. The molecule has 1 amide bonds. The monoisotopic (exact) mass is 328 g/mol. The summed E-state index contributed by atoms with van der Waals surface area (Å²) in [6, 6.07) is 4.79. The number of carbonyl (C=O) groups excluding carboxylic acids is 1. The predicted molar refractivity (Wildman–Crippen MR) is 72.6 cm³/mol. The molecule has 0 radical (unpaired) electrons. The predicted octanol–water partition coefficient (Wildman–Crippen LogP) is 0.722. The quantitative estimate of drug-likeness (QED) is 0.805. The lowest BCUT2D eigenvalue weighted by atomic mass is 10.1. The van der Waals surface area contributed by atoms with Crippen molar-refractivity contribution >= 4 is 28.2 Å². The molecule has 9 heteroatoms. The molecule has 0 aliphatic rings. The van der Waals surface area contributed by atoms with Crippen LogP contribution in [0.15, 0.2) is 29.2 Å². The van der Waals surface area contributed by atoms with Gasteiger partial charge < -0.3 is 11.1 Å². The van der Waals surface area contributed by atoms with Crippen LogP contribution in [0, 0.1) is 0 Å². The van der Waals surface area contributed by atoms with Gasteiger partial charge in [-0.25, -0.2) is 8.42 Å². The highest BCUT2D eigenvalue weighted by molar-refractivity contribution is 7.91. The minimum absolute atomic E-state index is 0. The molecule has 0 aliphatic heterocycles. The van der Waals surface area contributed by atoms with Gasteiger partial charge in [0.1, 0.15) is 0 Å². The van der Waals surface area contributed by atoms with Gasteiger partial charge in [0.05, 0.1) is 11.3 Å². The number of hydrogen-bond donors (Lipinski definition) is 2. The molecule has 1 aromatic rings. The third-order valence-corrected chi connectivity index (χ3v) is 3.72. The van der Waals surface area contributed by atoms with E-state index in [1.165, 1.54) is 12.1 Å². The lowest BCUT2D eigenvalue weighted by molar-refractivity contribution is -0.120. The molecule has 0 spiro atoms. The van der Waals surface area contributed by atoms with Gasteiger partial charge in [0.25, 0.3) is 0 Å². The molecule has 0 fully saturated rings. The molecule has 114 valence electrons. The number of amides is 1. The molecule has 5 nitrogen and oxygen atoms in total. The molecule has 0 saturated carbocycles. The van der Waals surface area contributed by atoms with Crippen LogP contribution in [-0.4, -0.2) is 33.2 Å². The van der Waals surface area contributed by atoms with Crippen LogP contribution >= 0.6 is 12.4 Å². The van der Waals surface area contributed by atoms with Gasteiger partial charge in [-0.15, -0.1) is 12.4 Å². The van der Waals surface area contributed by atoms with Crippen LogP contribution in [0.4, 0.5) is 8.78 Å². The maximum atomic E-state index is 12.3. The van der Waals surface area contributed by atoms with Crippen LogP contribution in [0.25, 0.3) is 0 Å². The lowest BCUT2D eigenvalue weighted by Crippen LogP contribution is -2.30. The zero-order chi connectivity index (χ0) is 14.5. The van der Waals surface area contributed by atoms with Crippen LogP contribution < -0.4 is 11.1 Å². The summed E-state index contributed by atoms with van der Waals surface area (Å²) in [4.78, 5) is 10.9. The first-order valence-electron chi connectivity index (χ1n) is 5.45. The molecule has 0 saturated heterocycles. The number of rotatable bonds is 6. The number of nitrogens with two attached hydrogens (primary N) is 1. The average molecular weight is 329 g/mol. The number of sulfone groups is 1. The van der Waals surface area contributed by atoms with Gasteiger partial charge in [-0.3, -0.25) is 4.79 Å². The van der Waals surface area contributed by atoms with E-state index in [0.717, 1.165) is 12.1 Å². The second-order valence-electron chi connectivity index (χ2n) is 3.77. The highest BCUT2D eigenvalue weighted by Gasteiger charge is 2.26. The van der Waals surface area contributed by atoms with E-state index in [1.807, 2.05) is 0 Å². The standard InChI is InChI=1S/C11H14F2N2O3S.ClH/c12-11(13)19(17,18)9-3-1-8(2-4-9)7-10(16)15-6-5-14;/h1-4,11H,5-7,14H2,(H,15,16);1H. The summed E-state index contributed by atoms with van der Waals surface area (Å²) in [5.74, 6) is -3.72. The summed E-state index contributed by atoms with van der Waals surface area (Å²) in [6.45, 7) is 0.661. The number of hydrogen-bond acceptors (Lipinski definition) is 4. The van der Waals surface area contributed by atoms with Crippen LogP contribution in [0.5, 0.6) is 0 Å². The van der Waals surface area contributed by atoms with Crippen molar-refractivity contribution in [3.05, 3.63) is 29.8 Å². The fourth-order valence-electron chi connectivity index (χ4n) is 1.36. The first-order chi connectivity index (χ1) is 8.87. The molecule has 3 N–H and O–H groups in total. The zero-order valence-electron chi connectivity index (χ0n) is 10.4. The van der Waals surface area contributed by atoms with Gasteiger partial charge >= 0.3 is 5.76 Å². The highest BCUT2D eigenvalue weighted by Crippen LogP contribution is 2.18. The summed E-state index contributed by atoms with van der Waals surface area (Å²) in [5, 5.41) is 2.54. The Morgan fingerprint density at radius 1 is 1.25 bits per heavy atom. The van der Waals surface area contributed by atoms with E-state index in [2.05, 4.69) is 5.32 Å². The summed E-state index contributed by atoms with van der Waals surface area (Å²) in [7, 11) is -4.59. The molecule has 0 atom stereocenters. The van der Waals surface area contributed by atoms with Gasteiger partial charge in [0.15, 0.2) is 0 Å². The Morgan fingerprint density at radius 3 is 2.25 bits per heavy atom. The van der Waals surface area contributed by atoms with E-state index in [4.69, 9.17) is 5.73 Å². The molecule has 1 aromatic carbocycles. The fourth-order valence-corrected chi connectivity index (χ4v) is 2.08. The van der Waals surface area contributed by atoms with Crippen molar-refractivity contribution in [2.45, 2.75) is 17.1 Å². The summed E-state index contributed by atoms with van der Waals surface area (Å²) < 4.78 is 46.9. The van der Waals surface area contributed by atoms with E-state index in [9.17, 15) is 22.0 Å². The molecular weight excluding hydrogens is 314 g/mol.